The molecule has 2 aromatic carbocycles. The SMILES string of the molecule is CC[C@@]1(c2ccc(F)cc2)NC(=O)N(CC(=O)N(C)Cc2ccc(C)cc2)C1=O. The predicted octanol–water partition coefficient (Wildman–Crippen LogP) is 2.95. The number of likely N-dealkylation sites (N-methyl/N-ethyl adjacent to an activating group) is 1. The average molecular weight is 397 g/mol. The average Bonchev–Trinajstić information content (AvgIpc) is 2.95. The van der Waals surface area contributed by atoms with Crippen molar-refractivity contribution in [1.82, 2.24) is 15.1 Å². The third kappa shape index (κ3) is 3.99. The Morgan fingerprint density at radius 1 is 1.10 bits per heavy atom. The molecule has 1 saturated heterocycles. The zero-order valence-electron chi connectivity index (χ0n) is 16.7. The highest BCUT2D eigenvalue weighted by atomic mass is 19.1. The van der Waals surface area contributed by atoms with Crippen LogP contribution in [0.1, 0.15) is 30.0 Å². The maximum Gasteiger partial charge on any atom is 0.325 e. The minimum Gasteiger partial charge on any atom is -0.340 e. The molecule has 0 spiro atoms. The molecule has 4 amide bonds. The Morgan fingerprint density at radius 2 is 1.72 bits per heavy atom. The molecule has 0 aliphatic carbocycles. The lowest BCUT2D eigenvalue weighted by Gasteiger charge is -2.26. The Morgan fingerprint density at radius 3 is 2.31 bits per heavy atom. The second kappa shape index (κ2) is 8.03. The van der Waals surface area contributed by atoms with Crippen LogP contribution in [0, 0.1) is 12.7 Å². The van der Waals surface area contributed by atoms with Gasteiger partial charge >= 0.3 is 6.03 Å². The normalized spacial score (nSPS) is 18.7. The van der Waals surface area contributed by atoms with Gasteiger partial charge in [0.1, 0.15) is 17.9 Å². The minimum atomic E-state index is -1.29. The maximum atomic E-state index is 13.3. The standard InChI is InChI=1S/C22H24FN3O3/c1-4-22(17-9-11-18(23)12-10-17)20(28)26(21(29)24-22)14-19(27)25(3)13-16-7-5-15(2)6-8-16/h5-12H,4,13-14H2,1-3H3,(H,24,29)/t22-/m0/s1. The van der Waals surface area contributed by atoms with E-state index in [0.717, 1.165) is 16.0 Å². The molecule has 1 aliphatic rings. The van der Waals surface area contributed by atoms with Gasteiger partial charge in [0.2, 0.25) is 5.91 Å². The van der Waals surface area contributed by atoms with E-state index in [4.69, 9.17) is 0 Å². The molecule has 6 nitrogen and oxygen atoms in total. The van der Waals surface area contributed by atoms with Gasteiger partial charge in [0.25, 0.3) is 5.91 Å². The summed E-state index contributed by atoms with van der Waals surface area (Å²) in [5, 5.41) is 2.70. The van der Waals surface area contributed by atoms with Crippen molar-refractivity contribution in [3.05, 3.63) is 71.0 Å². The van der Waals surface area contributed by atoms with E-state index in [1.165, 1.54) is 29.2 Å². The fourth-order valence-corrected chi connectivity index (χ4v) is 3.46. The number of halogens is 1. The number of benzene rings is 2. The summed E-state index contributed by atoms with van der Waals surface area (Å²) < 4.78 is 13.3. The second-order valence-corrected chi connectivity index (χ2v) is 7.32. The number of carbonyl (C=O) groups is 3. The molecule has 1 N–H and O–H groups in total. The number of nitrogens with zero attached hydrogens (tertiary/aromatic N) is 2. The fraction of sp³-hybridized carbons (Fsp3) is 0.318. The molecule has 1 aliphatic heterocycles. The molecule has 152 valence electrons. The highest BCUT2D eigenvalue weighted by Crippen LogP contribution is 2.32. The van der Waals surface area contributed by atoms with Crippen molar-refractivity contribution in [3.8, 4) is 0 Å². The lowest BCUT2D eigenvalue weighted by molar-refractivity contribution is -0.138. The van der Waals surface area contributed by atoms with Crippen LogP contribution in [0.3, 0.4) is 0 Å². The van der Waals surface area contributed by atoms with E-state index >= 15 is 0 Å². The number of hydrogen-bond donors (Lipinski definition) is 1. The van der Waals surface area contributed by atoms with Gasteiger partial charge in [-0.1, -0.05) is 48.9 Å². The molecule has 0 unspecified atom stereocenters. The van der Waals surface area contributed by atoms with Crippen LogP contribution in [0.5, 0.6) is 0 Å². The number of amides is 4. The predicted molar refractivity (Wildman–Crippen MR) is 106 cm³/mol. The maximum absolute atomic E-state index is 13.3. The van der Waals surface area contributed by atoms with Crippen LogP contribution in [0.2, 0.25) is 0 Å². The number of aryl methyl sites for hydroxylation is 1. The molecule has 0 bridgehead atoms. The largest absolute Gasteiger partial charge is 0.340 e. The first-order chi connectivity index (χ1) is 13.8. The van der Waals surface area contributed by atoms with Gasteiger partial charge < -0.3 is 10.2 Å². The summed E-state index contributed by atoms with van der Waals surface area (Å²) in [5.41, 5.74) is 1.28. The van der Waals surface area contributed by atoms with Gasteiger partial charge in [0.15, 0.2) is 0 Å². The summed E-state index contributed by atoms with van der Waals surface area (Å²) in [6.45, 7) is 3.77. The Labute approximate surface area is 169 Å². The van der Waals surface area contributed by atoms with Gasteiger partial charge in [-0.05, 0) is 36.6 Å². The third-order valence-corrected chi connectivity index (χ3v) is 5.30. The number of urea groups is 1. The zero-order chi connectivity index (χ0) is 21.2. The van der Waals surface area contributed by atoms with E-state index in [9.17, 15) is 18.8 Å². The summed E-state index contributed by atoms with van der Waals surface area (Å²) in [4.78, 5) is 40.6. The van der Waals surface area contributed by atoms with Crippen LogP contribution in [-0.4, -0.2) is 41.2 Å². The van der Waals surface area contributed by atoms with Crippen LogP contribution in [0.25, 0.3) is 0 Å². The van der Waals surface area contributed by atoms with E-state index in [1.807, 2.05) is 31.2 Å². The van der Waals surface area contributed by atoms with Crippen molar-refractivity contribution in [3.63, 3.8) is 0 Å². The van der Waals surface area contributed by atoms with Crippen molar-refractivity contribution < 1.29 is 18.8 Å². The van der Waals surface area contributed by atoms with Crippen molar-refractivity contribution in [2.75, 3.05) is 13.6 Å². The summed E-state index contributed by atoms with van der Waals surface area (Å²) in [6, 6.07) is 12.6. The van der Waals surface area contributed by atoms with Crippen molar-refractivity contribution >= 4 is 17.8 Å². The van der Waals surface area contributed by atoms with Crippen molar-refractivity contribution in [2.45, 2.75) is 32.4 Å². The molecular weight excluding hydrogens is 373 g/mol. The number of carbonyl (C=O) groups excluding carboxylic acids is 3. The quantitative estimate of drug-likeness (QED) is 0.762. The first kappa shape index (κ1) is 20.5. The summed E-state index contributed by atoms with van der Waals surface area (Å²) >= 11 is 0. The van der Waals surface area contributed by atoms with Crippen LogP contribution < -0.4 is 5.32 Å². The minimum absolute atomic E-state index is 0.285. The molecule has 2 aromatic rings. The van der Waals surface area contributed by atoms with Crippen LogP contribution >= 0.6 is 0 Å². The first-order valence-electron chi connectivity index (χ1n) is 9.46. The molecule has 0 radical (unpaired) electrons. The molecule has 1 heterocycles. The summed E-state index contributed by atoms with van der Waals surface area (Å²) in [7, 11) is 1.63. The van der Waals surface area contributed by atoms with Crippen molar-refractivity contribution in [1.29, 1.82) is 0 Å². The molecule has 29 heavy (non-hydrogen) atoms. The Balaban J connectivity index is 1.74. The van der Waals surface area contributed by atoms with Gasteiger partial charge in [-0.2, -0.15) is 0 Å². The number of imide groups is 1. The van der Waals surface area contributed by atoms with Crippen molar-refractivity contribution in [2.24, 2.45) is 0 Å². The van der Waals surface area contributed by atoms with Gasteiger partial charge in [0, 0.05) is 13.6 Å². The second-order valence-electron chi connectivity index (χ2n) is 7.32. The monoisotopic (exact) mass is 397 g/mol. The van der Waals surface area contributed by atoms with E-state index < -0.39 is 23.3 Å². The summed E-state index contributed by atoms with van der Waals surface area (Å²) in [6.07, 6.45) is 0.285. The fourth-order valence-electron chi connectivity index (χ4n) is 3.46. The van der Waals surface area contributed by atoms with Gasteiger partial charge in [0.05, 0.1) is 0 Å². The Kier molecular flexibility index (Phi) is 5.68. The first-order valence-corrected chi connectivity index (χ1v) is 9.46. The van der Waals surface area contributed by atoms with E-state index in [0.29, 0.717) is 12.1 Å². The lowest BCUT2D eigenvalue weighted by Crippen LogP contribution is -2.45. The molecule has 3 rings (SSSR count). The lowest BCUT2D eigenvalue weighted by atomic mass is 9.87. The van der Waals surface area contributed by atoms with E-state index in [2.05, 4.69) is 5.32 Å². The number of hydrogen-bond acceptors (Lipinski definition) is 3. The molecular formula is C22H24FN3O3. The molecule has 7 heteroatoms. The zero-order valence-corrected chi connectivity index (χ0v) is 16.7. The Bertz CT molecular complexity index is 927. The number of rotatable bonds is 6. The van der Waals surface area contributed by atoms with E-state index in [1.54, 1.807) is 14.0 Å². The topological polar surface area (TPSA) is 69.7 Å². The molecule has 1 fully saturated rings. The molecule has 1 atom stereocenters. The Hall–Kier alpha value is -3.22. The van der Waals surface area contributed by atoms with Gasteiger partial charge in [-0.3, -0.25) is 14.5 Å². The summed E-state index contributed by atoms with van der Waals surface area (Å²) in [5.74, 6) is -1.28. The third-order valence-electron chi connectivity index (χ3n) is 5.30. The van der Waals surface area contributed by atoms with Crippen LogP contribution in [-0.2, 0) is 21.7 Å². The smallest absolute Gasteiger partial charge is 0.325 e. The van der Waals surface area contributed by atoms with E-state index in [-0.39, 0.29) is 18.9 Å². The molecule has 0 saturated carbocycles. The van der Waals surface area contributed by atoms with Gasteiger partial charge in [-0.25, -0.2) is 9.18 Å². The number of nitrogens with one attached hydrogen (secondary N) is 1. The molecule has 0 aromatic heterocycles. The van der Waals surface area contributed by atoms with Gasteiger partial charge in [-0.15, -0.1) is 0 Å². The van der Waals surface area contributed by atoms with Crippen LogP contribution in [0.15, 0.2) is 48.5 Å². The highest BCUT2D eigenvalue weighted by Gasteiger charge is 2.51. The van der Waals surface area contributed by atoms with Crippen LogP contribution in [0.4, 0.5) is 9.18 Å². The highest BCUT2D eigenvalue weighted by molar-refractivity contribution is 6.09.